The molecule has 4 heteroatoms. The van der Waals surface area contributed by atoms with Crippen molar-refractivity contribution in [2.75, 3.05) is 11.9 Å². The van der Waals surface area contributed by atoms with E-state index in [0.29, 0.717) is 17.9 Å². The first kappa shape index (κ1) is 11.9. The van der Waals surface area contributed by atoms with Gasteiger partial charge in [-0.05, 0) is 38.5 Å². The second-order valence-electron chi connectivity index (χ2n) is 4.61. The van der Waals surface area contributed by atoms with Gasteiger partial charge in [0.15, 0.2) is 0 Å². The summed E-state index contributed by atoms with van der Waals surface area (Å²) in [5.74, 6) is -0.395. The molecule has 1 fully saturated rings. The summed E-state index contributed by atoms with van der Waals surface area (Å²) < 4.78 is 18.5. The molecule has 1 heterocycles. The number of hydrogen-bond donors (Lipinski definition) is 1. The number of hydrogen-bond acceptors (Lipinski definition) is 3. The van der Waals surface area contributed by atoms with Gasteiger partial charge in [0, 0.05) is 6.61 Å². The molecule has 0 radical (unpaired) electrons. The summed E-state index contributed by atoms with van der Waals surface area (Å²) in [4.78, 5) is 0. The molecular formula is C13H15FN2O. The number of rotatable bonds is 2. The van der Waals surface area contributed by atoms with Crippen molar-refractivity contribution < 1.29 is 9.13 Å². The second kappa shape index (κ2) is 4.34. The Balaban J connectivity index is 2.27. The molecule has 1 aliphatic heterocycles. The van der Waals surface area contributed by atoms with Gasteiger partial charge in [-0.1, -0.05) is 0 Å². The maximum Gasteiger partial charge on any atom is 0.124 e. The molecule has 1 aliphatic rings. The zero-order valence-corrected chi connectivity index (χ0v) is 9.96. The molecule has 0 aliphatic carbocycles. The van der Waals surface area contributed by atoms with Gasteiger partial charge in [0.05, 0.1) is 22.9 Å². The summed E-state index contributed by atoms with van der Waals surface area (Å²) in [6, 6.07) is 6.20. The van der Waals surface area contributed by atoms with Gasteiger partial charge < -0.3 is 10.1 Å². The quantitative estimate of drug-likeness (QED) is 0.855. The molecule has 90 valence electrons. The van der Waals surface area contributed by atoms with Crippen LogP contribution in [0.2, 0.25) is 0 Å². The van der Waals surface area contributed by atoms with Crippen molar-refractivity contribution in [2.45, 2.75) is 31.9 Å². The van der Waals surface area contributed by atoms with Crippen LogP contribution in [-0.4, -0.2) is 18.2 Å². The van der Waals surface area contributed by atoms with Gasteiger partial charge in [0.2, 0.25) is 0 Å². The third kappa shape index (κ3) is 2.25. The Morgan fingerprint density at radius 2 is 2.35 bits per heavy atom. The molecular weight excluding hydrogens is 219 g/mol. The Labute approximate surface area is 100 Å². The fourth-order valence-electron chi connectivity index (χ4n) is 2.02. The molecule has 2 unspecified atom stereocenters. The first-order valence-electron chi connectivity index (χ1n) is 5.64. The first-order chi connectivity index (χ1) is 8.05. The van der Waals surface area contributed by atoms with Crippen molar-refractivity contribution in [1.29, 1.82) is 5.26 Å². The van der Waals surface area contributed by atoms with Crippen LogP contribution in [0.25, 0.3) is 0 Å². The highest BCUT2D eigenvalue weighted by atomic mass is 19.1. The molecule has 3 nitrogen and oxygen atoms in total. The number of nitriles is 1. The average molecular weight is 234 g/mol. The summed E-state index contributed by atoms with van der Waals surface area (Å²) in [7, 11) is 0. The molecule has 0 aromatic heterocycles. The standard InChI is InChI=1S/C13H15FN2O/c1-9-13(2,5-6-17-9)16-12-4-3-11(14)7-10(12)8-15/h3-4,7,9,16H,5-6H2,1-2H3. The Hall–Kier alpha value is -1.60. The highest BCUT2D eigenvalue weighted by molar-refractivity contribution is 5.59. The smallest absolute Gasteiger partial charge is 0.124 e. The molecule has 0 amide bonds. The minimum absolute atomic E-state index is 0.0686. The van der Waals surface area contributed by atoms with Crippen LogP contribution in [0.5, 0.6) is 0 Å². The molecule has 1 saturated heterocycles. The van der Waals surface area contributed by atoms with Crippen LogP contribution in [0.3, 0.4) is 0 Å². The monoisotopic (exact) mass is 234 g/mol. The lowest BCUT2D eigenvalue weighted by Crippen LogP contribution is -2.41. The summed E-state index contributed by atoms with van der Waals surface area (Å²) in [6.45, 7) is 4.75. The van der Waals surface area contributed by atoms with Crippen LogP contribution in [0.4, 0.5) is 10.1 Å². The predicted octanol–water partition coefficient (Wildman–Crippen LogP) is 2.68. The Morgan fingerprint density at radius 1 is 1.59 bits per heavy atom. The predicted molar refractivity (Wildman–Crippen MR) is 63.2 cm³/mol. The Bertz CT molecular complexity index is 469. The third-order valence-corrected chi connectivity index (χ3v) is 3.41. The number of anilines is 1. The van der Waals surface area contributed by atoms with Crippen LogP contribution in [-0.2, 0) is 4.74 Å². The van der Waals surface area contributed by atoms with E-state index in [9.17, 15) is 4.39 Å². The average Bonchev–Trinajstić information content (AvgIpc) is 2.62. The lowest BCUT2D eigenvalue weighted by molar-refractivity contribution is 0.105. The van der Waals surface area contributed by atoms with E-state index >= 15 is 0 Å². The summed E-state index contributed by atoms with van der Waals surface area (Å²) in [5.41, 5.74) is 0.780. The minimum Gasteiger partial charge on any atom is -0.376 e. The van der Waals surface area contributed by atoms with E-state index in [4.69, 9.17) is 10.00 Å². The van der Waals surface area contributed by atoms with E-state index < -0.39 is 5.82 Å². The van der Waals surface area contributed by atoms with Gasteiger partial charge in [-0.2, -0.15) is 5.26 Å². The van der Waals surface area contributed by atoms with Gasteiger partial charge in [-0.3, -0.25) is 0 Å². The first-order valence-corrected chi connectivity index (χ1v) is 5.64. The number of nitrogens with zero attached hydrogens (tertiary/aromatic N) is 1. The van der Waals surface area contributed by atoms with Gasteiger partial charge in [-0.15, -0.1) is 0 Å². The van der Waals surface area contributed by atoms with E-state index in [0.717, 1.165) is 6.42 Å². The van der Waals surface area contributed by atoms with E-state index in [1.54, 1.807) is 6.07 Å². The molecule has 2 atom stereocenters. The van der Waals surface area contributed by atoms with Crippen molar-refractivity contribution >= 4 is 5.69 Å². The van der Waals surface area contributed by atoms with Crippen LogP contribution < -0.4 is 5.32 Å². The molecule has 0 saturated carbocycles. The van der Waals surface area contributed by atoms with Crippen LogP contribution >= 0.6 is 0 Å². The zero-order chi connectivity index (χ0) is 12.5. The summed E-state index contributed by atoms with van der Waals surface area (Å²) in [6.07, 6.45) is 0.940. The molecule has 2 rings (SSSR count). The molecule has 0 spiro atoms. The van der Waals surface area contributed by atoms with Crippen LogP contribution in [0.1, 0.15) is 25.8 Å². The highest BCUT2D eigenvalue weighted by Gasteiger charge is 2.37. The van der Waals surface area contributed by atoms with E-state index in [-0.39, 0.29) is 11.6 Å². The third-order valence-electron chi connectivity index (χ3n) is 3.41. The van der Waals surface area contributed by atoms with Crippen LogP contribution in [0, 0.1) is 17.1 Å². The Morgan fingerprint density at radius 3 is 2.94 bits per heavy atom. The number of benzene rings is 1. The number of ether oxygens (including phenoxy) is 1. The fourth-order valence-corrected chi connectivity index (χ4v) is 2.02. The van der Waals surface area contributed by atoms with Crippen molar-refractivity contribution in [2.24, 2.45) is 0 Å². The molecule has 1 aromatic rings. The highest BCUT2D eigenvalue weighted by Crippen LogP contribution is 2.30. The normalized spacial score (nSPS) is 27.8. The Kier molecular flexibility index (Phi) is 3.03. The van der Waals surface area contributed by atoms with Gasteiger partial charge >= 0.3 is 0 Å². The van der Waals surface area contributed by atoms with Crippen molar-refractivity contribution in [3.05, 3.63) is 29.6 Å². The van der Waals surface area contributed by atoms with E-state index in [1.807, 2.05) is 13.0 Å². The minimum atomic E-state index is -0.395. The van der Waals surface area contributed by atoms with E-state index in [2.05, 4.69) is 12.2 Å². The summed E-state index contributed by atoms with van der Waals surface area (Å²) >= 11 is 0. The SMILES string of the molecule is CC1OCCC1(C)Nc1ccc(F)cc1C#N. The zero-order valence-electron chi connectivity index (χ0n) is 9.96. The number of nitrogens with one attached hydrogen (secondary N) is 1. The van der Waals surface area contributed by atoms with Crippen LogP contribution in [0.15, 0.2) is 18.2 Å². The largest absolute Gasteiger partial charge is 0.376 e. The fraction of sp³-hybridized carbons (Fsp3) is 0.462. The molecule has 0 bridgehead atoms. The molecule has 1 N–H and O–H groups in total. The molecule has 1 aromatic carbocycles. The van der Waals surface area contributed by atoms with Gasteiger partial charge in [-0.25, -0.2) is 4.39 Å². The van der Waals surface area contributed by atoms with Gasteiger partial charge in [0.1, 0.15) is 11.9 Å². The van der Waals surface area contributed by atoms with Crippen molar-refractivity contribution in [1.82, 2.24) is 0 Å². The van der Waals surface area contributed by atoms with Gasteiger partial charge in [0.25, 0.3) is 0 Å². The number of halogens is 1. The van der Waals surface area contributed by atoms with Crippen molar-refractivity contribution in [3.8, 4) is 6.07 Å². The second-order valence-corrected chi connectivity index (χ2v) is 4.61. The lowest BCUT2D eigenvalue weighted by atomic mass is 9.94. The van der Waals surface area contributed by atoms with Crippen molar-refractivity contribution in [3.63, 3.8) is 0 Å². The summed E-state index contributed by atoms with van der Waals surface area (Å²) in [5, 5.41) is 12.3. The lowest BCUT2D eigenvalue weighted by Gasteiger charge is -2.30. The molecule has 17 heavy (non-hydrogen) atoms. The maximum absolute atomic E-state index is 13.0. The van der Waals surface area contributed by atoms with E-state index in [1.165, 1.54) is 12.1 Å². The maximum atomic E-state index is 13.0. The topological polar surface area (TPSA) is 45.0 Å².